The van der Waals surface area contributed by atoms with Gasteiger partial charge in [-0.15, -0.1) is 0 Å². The molecular weight excluding hydrogens is 490 g/mol. The molecule has 2 aromatic carbocycles. The number of nitrogens with zero attached hydrogens (tertiary/aromatic N) is 2. The Labute approximate surface area is 241 Å². The fraction of sp³-hybridized carbons (Fsp3) is 0.400. The van der Waals surface area contributed by atoms with E-state index in [-0.39, 0.29) is 18.1 Å². The Kier molecular flexibility index (Phi) is 9.92. The molecule has 0 radical (unpaired) electrons. The highest BCUT2D eigenvalue weighted by molar-refractivity contribution is 5.38. The standard InChI is InChI=1S/C35H47N5/c1-8-17-38-26(5)35(29-15-13-28(14-16-29)23-37-19-18-36-7)40-27(6)34(39-25(4)33(40)20-24(2)3)32-21-30-11-9-10-12-31(30)22-32/h9-16,18-19,24,32-35,37-39H,4-8,17,20-23H2,1-3H3/b19-18-/t33-,34?,35+/m1/s1. The lowest BCUT2D eigenvalue weighted by Gasteiger charge is -2.51. The molecule has 1 aliphatic carbocycles. The number of aliphatic imine (C=N–C) groups is 1. The number of nitrogens with one attached hydrogen (secondary N) is 3. The zero-order valence-corrected chi connectivity index (χ0v) is 24.6. The molecule has 0 saturated carbocycles. The summed E-state index contributed by atoms with van der Waals surface area (Å²) in [5, 5.41) is 10.7. The molecule has 1 fully saturated rings. The van der Waals surface area contributed by atoms with E-state index in [9.17, 15) is 0 Å². The fourth-order valence-corrected chi connectivity index (χ4v) is 6.19. The van der Waals surface area contributed by atoms with Crippen LogP contribution in [-0.2, 0) is 19.4 Å². The van der Waals surface area contributed by atoms with Crippen molar-refractivity contribution in [3.05, 3.63) is 120 Å². The minimum absolute atomic E-state index is 0.0557. The molecule has 5 heteroatoms. The third-order valence-electron chi connectivity index (χ3n) is 8.13. The maximum Gasteiger partial charge on any atom is 0.0939 e. The number of hydrogen-bond donors (Lipinski definition) is 3. The predicted molar refractivity (Wildman–Crippen MR) is 170 cm³/mol. The Balaban J connectivity index is 1.68. The molecule has 2 aliphatic rings. The van der Waals surface area contributed by atoms with Gasteiger partial charge in [-0.2, -0.15) is 0 Å². The van der Waals surface area contributed by atoms with Crippen molar-refractivity contribution < 1.29 is 0 Å². The van der Waals surface area contributed by atoms with Crippen LogP contribution in [0.15, 0.2) is 103 Å². The van der Waals surface area contributed by atoms with E-state index in [1.165, 1.54) is 22.3 Å². The van der Waals surface area contributed by atoms with Gasteiger partial charge < -0.3 is 20.9 Å². The van der Waals surface area contributed by atoms with Crippen LogP contribution in [0.2, 0.25) is 0 Å². The fourth-order valence-electron chi connectivity index (χ4n) is 6.19. The molecule has 0 spiro atoms. The van der Waals surface area contributed by atoms with Crippen molar-refractivity contribution in [2.24, 2.45) is 16.8 Å². The molecule has 0 bridgehead atoms. The summed E-state index contributed by atoms with van der Waals surface area (Å²) >= 11 is 0. The number of piperazine rings is 1. The number of benzene rings is 2. The topological polar surface area (TPSA) is 51.7 Å². The molecule has 3 N–H and O–H groups in total. The van der Waals surface area contributed by atoms with Crippen molar-refractivity contribution in [3.8, 4) is 0 Å². The molecule has 40 heavy (non-hydrogen) atoms. The summed E-state index contributed by atoms with van der Waals surface area (Å²) in [7, 11) is 0. The molecule has 1 saturated heterocycles. The van der Waals surface area contributed by atoms with Crippen LogP contribution >= 0.6 is 0 Å². The lowest BCUT2D eigenvalue weighted by atomic mass is 9.85. The van der Waals surface area contributed by atoms with Crippen molar-refractivity contribution in [1.82, 2.24) is 20.9 Å². The van der Waals surface area contributed by atoms with E-state index in [1.54, 1.807) is 6.20 Å². The number of fused-ring (bicyclic) bond motifs is 1. The van der Waals surface area contributed by atoms with Crippen LogP contribution in [0.5, 0.6) is 0 Å². The first-order chi connectivity index (χ1) is 19.3. The van der Waals surface area contributed by atoms with Crippen molar-refractivity contribution >= 4 is 6.72 Å². The van der Waals surface area contributed by atoms with E-state index in [2.05, 4.69) is 115 Å². The summed E-state index contributed by atoms with van der Waals surface area (Å²) < 4.78 is 0. The highest BCUT2D eigenvalue weighted by atomic mass is 15.3. The maximum absolute atomic E-state index is 4.78. The lowest BCUT2D eigenvalue weighted by molar-refractivity contribution is 0.142. The monoisotopic (exact) mass is 537 g/mol. The van der Waals surface area contributed by atoms with Gasteiger partial charge in [0.15, 0.2) is 0 Å². The van der Waals surface area contributed by atoms with Crippen LogP contribution in [0, 0.1) is 11.8 Å². The molecule has 0 aromatic heterocycles. The Bertz CT molecular complexity index is 1200. The quantitative estimate of drug-likeness (QED) is 0.251. The smallest absolute Gasteiger partial charge is 0.0939 e. The van der Waals surface area contributed by atoms with Crippen molar-refractivity contribution in [3.63, 3.8) is 0 Å². The van der Waals surface area contributed by atoms with Crippen molar-refractivity contribution in [2.45, 2.75) is 71.1 Å². The summed E-state index contributed by atoms with van der Waals surface area (Å²) in [6.07, 6.45) is 7.61. The van der Waals surface area contributed by atoms with Gasteiger partial charge in [-0.25, -0.2) is 0 Å². The van der Waals surface area contributed by atoms with Gasteiger partial charge in [0.05, 0.1) is 18.1 Å². The highest BCUT2D eigenvalue weighted by Gasteiger charge is 2.42. The van der Waals surface area contributed by atoms with Crippen LogP contribution in [0.3, 0.4) is 0 Å². The van der Waals surface area contributed by atoms with Crippen LogP contribution < -0.4 is 16.0 Å². The minimum atomic E-state index is -0.0557. The van der Waals surface area contributed by atoms with E-state index < -0.39 is 0 Å². The second kappa shape index (κ2) is 13.6. The first-order valence-corrected chi connectivity index (χ1v) is 14.7. The van der Waals surface area contributed by atoms with Gasteiger partial charge in [-0.1, -0.05) is 89.0 Å². The number of hydrogen-bond acceptors (Lipinski definition) is 5. The Hall–Kier alpha value is -3.73. The average Bonchev–Trinajstić information content (AvgIpc) is 3.38. The summed E-state index contributed by atoms with van der Waals surface area (Å²) in [5.74, 6) is 0.948. The van der Waals surface area contributed by atoms with Crippen LogP contribution in [0.4, 0.5) is 0 Å². The van der Waals surface area contributed by atoms with Gasteiger partial charge >= 0.3 is 0 Å². The van der Waals surface area contributed by atoms with Gasteiger partial charge in [-0.3, -0.25) is 4.99 Å². The van der Waals surface area contributed by atoms with E-state index in [1.807, 2.05) is 6.20 Å². The Morgan fingerprint density at radius 2 is 1.77 bits per heavy atom. The van der Waals surface area contributed by atoms with Gasteiger partial charge in [0.2, 0.25) is 0 Å². The normalized spacial score (nSPS) is 19.9. The zero-order chi connectivity index (χ0) is 28.6. The summed E-state index contributed by atoms with van der Waals surface area (Å²) in [4.78, 5) is 6.28. The van der Waals surface area contributed by atoms with Gasteiger partial charge in [0.1, 0.15) is 0 Å². The Morgan fingerprint density at radius 1 is 1.10 bits per heavy atom. The van der Waals surface area contributed by atoms with Crippen LogP contribution in [-0.4, -0.2) is 30.2 Å². The van der Waals surface area contributed by atoms with Gasteiger partial charge in [0.25, 0.3) is 0 Å². The number of rotatable bonds is 13. The van der Waals surface area contributed by atoms with Crippen LogP contribution in [0.25, 0.3) is 0 Å². The molecule has 1 aliphatic heterocycles. The SMILES string of the molecule is C=N/C=C\NCc1ccc([C@H](C(=C)NCCC)N2C(=C)C(C3Cc4ccccc4C3)NC(=C)[C@H]2CC(C)C)cc1. The van der Waals surface area contributed by atoms with Gasteiger partial charge in [0, 0.05) is 42.6 Å². The lowest BCUT2D eigenvalue weighted by Crippen LogP contribution is -2.57. The zero-order valence-electron chi connectivity index (χ0n) is 24.6. The molecule has 5 nitrogen and oxygen atoms in total. The molecule has 3 atom stereocenters. The molecule has 4 rings (SSSR count). The molecule has 1 unspecified atom stereocenters. The van der Waals surface area contributed by atoms with Crippen LogP contribution in [0.1, 0.15) is 61.9 Å². The van der Waals surface area contributed by atoms with Crippen molar-refractivity contribution in [1.29, 1.82) is 0 Å². The third-order valence-corrected chi connectivity index (χ3v) is 8.13. The molecule has 1 heterocycles. The molecular formula is C35H47N5. The summed E-state index contributed by atoms with van der Waals surface area (Å²) in [5.41, 5.74) is 8.54. The Morgan fingerprint density at radius 3 is 2.38 bits per heavy atom. The minimum Gasteiger partial charge on any atom is -0.387 e. The molecule has 2 aromatic rings. The second-order valence-corrected chi connectivity index (χ2v) is 11.6. The first kappa shape index (κ1) is 29.3. The summed E-state index contributed by atoms with van der Waals surface area (Å²) in [6.45, 7) is 25.8. The van der Waals surface area contributed by atoms with E-state index in [0.717, 1.165) is 55.9 Å². The molecule has 212 valence electrons. The van der Waals surface area contributed by atoms with E-state index >= 15 is 0 Å². The largest absolute Gasteiger partial charge is 0.387 e. The van der Waals surface area contributed by atoms with Crippen molar-refractivity contribution in [2.75, 3.05) is 6.54 Å². The molecule has 0 amide bonds. The van der Waals surface area contributed by atoms with Gasteiger partial charge in [-0.05, 0) is 66.5 Å². The first-order valence-electron chi connectivity index (χ1n) is 14.7. The third kappa shape index (κ3) is 6.70. The van der Waals surface area contributed by atoms with E-state index in [0.29, 0.717) is 11.8 Å². The second-order valence-electron chi connectivity index (χ2n) is 11.6. The van der Waals surface area contributed by atoms with E-state index in [4.69, 9.17) is 6.58 Å². The summed E-state index contributed by atoms with van der Waals surface area (Å²) in [6, 6.07) is 17.9. The predicted octanol–water partition coefficient (Wildman–Crippen LogP) is 6.63. The average molecular weight is 538 g/mol. The highest BCUT2D eigenvalue weighted by Crippen LogP contribution is 2.42. The maximum atomic E-state index is 4.78.